The van der Waals surface area contributed by atoms with Crippen molar-refractivity contribution in [3.63, 3.8) is 0 Å². The van der Waals surface area contributed by atoms with Gasteiger partial charge in [-0.1, -0.05) is 12.1 Å². The highest BCUT2D eigenvalue weighted by Crippen LogP contribution is 2.22. The van der Waals surface area contributed by atoms with Crippen LogP contribution in [-0.4, -0.2) is 36.2 Å². The van der Waals surface area contributed by atoms with Crippen molar-refractivity contribution in [2.45, 2.75) is 13.2 Å². The normalized spacial score (nSPS) is 15.2. The van der Waals surface area contributed by atoms with Gasteiger partial charge in [0.15, 0.2) is 0 Å². The van der Waals surface area contributed by atoms with Crippen LogP contribution in [0.3, 0.4) is 0 Å². The number of anilines is 1. The van der Waals surface area contributed by atoms with Crippen molar-refractivity contribution in [1.29, 1.82) is 5.26 Å². The van der Waals surface area contributed by atoms with Gasteiger partial charge in [0, 0.05) is 38.3 Å². The Labute approximate surface area is 145 Å². The molecule has 0 radical (unpaired) electrons. The first kappa shape index (κ1) is 17.3. The second-order valence-corrected chi connectivity index (χ2v) is 6.13. The number of hydrogen-bond donors (Lipinski definition) is 1. The summed E-state index contributed by atoms with van der Waals surface area (Å²) in [5, 5.41) is 17.8. The summed E-state index contributed by atoms with van der Waals surface area (Å²) in [5.74, 6) is -0.703. The molecule has 25 heavy (non-hydrogen) atoms. The first-order valence-corrected chi connectivity index (χ1v) is 8.16. The molecule has 0 unspecified atom stereocenters. The van der Waals surface area contributed by atoms with Crippen LogP contribution < -0.4 is 4.90 Å². The molecular weight excluding hydrogens is 324 g/mol. The number of halogens is 2. The van der Waals surface area contributed by atoms with Crippen LogP contribution in [0.1, 0.15) is 16.7 Å². The number of nitrogens with zero attached hydrogens (tertiary/aromatic N) is 3. The van der Waals surface area contributed by atoms with Gasteiger partial charge in [-0.25, -0.2) is 8.78 Å². The predicted octanol–water partition coefficient (Wildman–Crippen LogP) is 2.65. The van der Waals surface area contributed by atoms with E-state index in [-0.39, 0.29) is 12.4 Å². The lowest BCUT2D eigenvalue weighted by Gasteiger charge is -2.36. The molecule has 130 valence electrons. The van der Waals surface area contributed by atoms with E-state index in [4.69, 9.17) is 10.4 Å². The van der Waals surface area contributed by atoms with Gasteiger partial charge >= 0.3 is 0 Å². The van der Waals surface area contributed by atoms with Crippen LogP contribution in [-0.2, 0) is 13.2 Å². The van der Waals surface area contributed by atoms with Crippen molar-refractivity contribution in [2.24, 2.45) is 0 Å². The molecule has 0 bridgehead atoms. The summed E-state index contributed by atoms with van der Waals surface area (Å²) in [4.78, 5) is 4.06. The SMILES string of the molecule is N#Cc1ccc(N2CCN(Cc3ccc(CO)cc3F)CC2)c(F)c1. The van der Waals surface area contributed by atoms with Crippen molar-refractivity contribution in [1.82, 2.24) is 4.90 Å². The van der Waals surface area contributed by atoms with E-state index < -0.39 is 5.82 Å². The summed E-state index contributed by atoms with van der Waals surface area (Å²) in [5.41, 5.74) is 1.95. The zero-order valence-electron chi connectivity index (χ0n) is 13.8. The Morgan fingerprint density at radius 2 is 1.76 bits per heavy atom. The van der Waals surface area contributed by atoms with Crippen molar-refractivity contribution in [3.05, 3.63) is 64.7 Å². The zero-order chi connectivity index (χ0) is 17.8. The molecule has 1 aliphatic heterocycles. The third kappa shape index (κ3) is 3.95. The maximum Gasteiger partial charge on any atom is 0.147 e. The van der Waals surface area contributed by atoms with Crippen LogP contribution in [0.25, 0.3) is 0 Å². The largest absolute Gasteiger partial charge is 0.392 e. The van der Waals surface area contributed by atoms with Gasteiger partial charge in [0.05, 0.1) is 23.9 Å². The molecule has 1 N–H and O–H groups in total. The van der Waals surface area contributed by atoms with Crippen molar-refractivity contribution < 1.29 is 13.9 Å². The quantitative estimate of drug-likeness (QED) is 0.927. The average molecular weight is 343 g/mol. The molecule has 0 saturated carbocycles. The number of hydrogen-bond acceptors (Lipinski definition) is 4. The van der Waals surface area contributed by atoms with Gasteiger partial charge in [0.2, 0.25) is 0 Å². The summed E-state index contributed by atoms with van der Waals surface area (Å²) in [6.07, 6.45) is 0. The number of aliphatic hydroxyl groups excluding tert-OH is 1. The van der Waals surface area contributed by atoms with Crippen molar-refractivity contribution in [3.8, 4) is 6.07 Å². The van der Waals surface area contributed by atoms with Crippen LogP contribution in [0.4, 0.5) is 14.5 Å². The average Bonchev–Trinajstić information content (AvgIpc) is 2.64. The fourth-order valence-corrected chi connectivity index (χ4v) is 3.04. The summed E-state index contributed by atoms with van der Waals surface area (Å²) < 4.78 is 28.1. The number of nitriles is 1. The van der Waals surface area contributed by atoms with Crippen molar-refractivity contribution >= 4 is 5.69 Å². The Bertz CT molecular complexity index is 796. The van der Waals surface area contributed by atoms with E-state index >= 15 is 0 Å². The first-order chi connectivity index (χ1) is 12.1. The minimum absolute atomic E-state index is 0.175. The molecular formula is C19H19F2N3O. The fraction of sp³-hybridized carbons (Fsp3) is 0.316. The predicted molar refractivity (Wildman–Crippen MR) is 90.9 cm³/mol. The Balaban J connectivity index is 1.61. The van der Waals surface area contributed by atoms with Crippen LogP contribution in [0.5, 0.6) is 0 Å². The molecule has 1 fully saturated rings. The van der Waals surface area contributed by atoms with E-state index in [9.17, 15) is 8.78 Å². The van der Waals surface area contributed by atoms with Gasteiger partial charge in [0.1, 0.15) is 11.6 Å². The lowest BCUT2D eigenvalue weighted by molar-refractivity contribution is 0.245. The molecule has 0 aromatic heterocycles. The second kappa shape index (κ2) is 7.60. The van der Waals surface area contributed by atoms with Crippen LogP contribution >= 0.6 is 0 Å². The Morgan fingerprint density at radius 3 is 2.36 bits per heavy atom. The van der Waals surface area contributed by atoms with Crippen LogP contribution in [0.2, 0.25) is 0 Å². The second-order valence-electron chi connectivity index (χ2n) is 6.13. The van der Waals surface area contributed by atoms with E-state index in [1.807, 2.05) is 11.0 Å². The smallest absolute Gasteiger partial charge is 0.147 e. The van der Waals surface area contributed by atoms with E-state index in [0.717, 1.165) is 0 Å². The lowest BCUT2D eigenvalue weighted by atomic mass is 10.1. The Hall–Kier alpha value is -2.49. The van der Waals surface area contributed by atoms with Gasteiger partial charge in [-0.15, -0.1) is 0 Å². The number of benzene rings is 2. The molecule has 0 spiro atoms. The molecule has 0 amide bonds. The van der Waals surface area contributed by atoms with Gasteiger partial charge < -0.3 is 10.0 Å². The fourth-order valence-electron chi connectivity index (χ4n) is 3.04. The van der Waals surface area contributed by atoms with Gasteiger partial charge in [-0.2, -0.15) is 5.26 Å². The zero-order valence-corrected chi connectivity index (χ0v) is 13.8. The number of piperazine rings is 1. The summed E-state index contributed by atoms with van der Waals surface area (Å²) >= 11 is 0. The molecule has 1 aliphatic rings. The summed E-state index contributed by atoms with van der Waals surface area (Å²) in [6, 6.07) is 11.2. The lowest BCUT2D eigenvalue weighted by Crippen LogP contribution is -2.46. The highest BCUT2D eigenvalue weighted by molar-refractivity contribution is 5.51. The van der Waals surface area contributed by atoms with E-state index in [1.165, 1.54) is 12.1 Å². The van der Waals surface area contributed by atoms with Crippen LogP contribution in [0, 0.1) is 23.0 Å². The number of aliphatic hydroxyl groups is 1. The van der Waals surface area contributed by atoms with Crippen LogP contribution in [0.15, 0.2) is 36.4 Å². The molecule has 2 aromatic rings. The molecule has 0 aliphatic carbocycles. The minimum Gasteiger partial charge on any atom is -0.392 e. The Kier molecular flexibility index (Phi) is 5.27. The highest BCUT2D eigenvalue weighted by Gasteiger charge is 2.20. The van der Waals surface area contributed by atoms with Gasteiger partial charge in [0.25, 0.3) is 0 Å². The Morgan fingerprint density at radius 1 is 1.00 bits per heavy atom. The third-order valence-corrected chi connectivity index (χ3v) is 4.48. The van der Waals surface area contributed by atoms with Gasteiger partial charge in [-0.3, -0.25) is 4.90 Å². The molecule has 4 nitrogen and oxygen atoms in total. The molecule has 1 heterocycles. The van der Waals surface area contributed by atoms with E-state index in [2.05, 4.69) is 4.90 Å². The molecule has 2 aromatic carbocycles. The minimum atomic E-state index is -0.391. The number of rotatable bonds is 4. The standard InChI is InChI=1S/C19H19F2N3O/c20-17-10-15(13-25)1-3-16(17)12-23-5-7-24(8-6-23)19-4-2-14(11-22)9-18(19)21/h1-4,9-10,25H,5-8,12-13H2. The van der Waals surface area contributed by atoms with E-state index in [0.29, 0.717) is 55.1 Å². The molecule has 1 saturated heterocycles. The summed E-state index contributed by atoms with van der Waals surface area (Å²) in [7, 11) is 0. The monoisotopic (exact) mass is 343 g/mol. The maximum atomic E-state index is 14.1. The summed E-state index contributed by atoms with van der Waals surface area (Å²) in [6.45, 7) is 2.98. The third-order valence-electron chi connectivity index (χ3n) is 4.48. The first-order valence-electron chi connectivity index (χ1n) is 8.16. The molecule has 3 rings (SSSR count). The van der Waals surface area contributed by atoms with Crippen molar-refractivity contribution in [2.75, 3.05) is 31.1 Å². The topological polar surface area (TPSA) is 50.5 Å². The maximum absolute atomic E-state index is 14.1. The highest BCUT2D eigenvalue weighted by atomic mass is 19.1. The molecule has 6 heteroatoms. The van der Waals surface area contributed by atoms with Gasteiger partial charge in [-0.05, 0) is 29.8 Å². The van der Waals surface area contributed by atoms with E-state index in [1.54, 1.807) is 24.3 Å². The molecule has 0 atom stereocenters.